The van der Waals surface area contributed by atoms with Crippen molar-refractivity contribution in [3.05, 3.63) is 0 Å². The fourth-order valence-corrected chi connectivity index (χ4v) is 0.671. The lowest BCUT2D eigenvalue weighted by Crippen LogP contribution is -2.03. The highest BCUT2D eigenvalue weighted by Gasteiger charge is 1.96. The summed E-state index contributed by atoms with van der Waals surface area (Å²) >= 11 is 0. The second-order valence-electron chi connectivity index (χ2n) is 1.45. The molecule has 0 saturated heterocycles. The van der Waals surface area contributed by atoms with Crippen LogP contribution >= 0.6 is 7.37 Å². The van der Waals surface area contributed by atoms with E-state index in [0.29, 0.717) is 12.3 Å². The van der Waals surface area contributed by atoms with Crippen molar-refractivity contribution in [3.63, 3.8) is 0 Å². The van der Waals surface area contributed by atoms with Crippen molar-refractivity contribution in [2.24, 2.45) is 0 Å². The zero-order chi connectivity index (χ0) is 5.91. The van der Waals surface area contributed by atoms with Crippen molar-refractivity contribution in [1.29, 1.82) is 0 Å². The van der Waals surface area contributed by atoms with E-state index in [1.165, 1.54) is 0 Å². The largest absolute Gasteiger partial charge is 0.799 e. The molecular formula is C4H14NO2P. The Kier molecular flexibility index (Phi) is 5.61. The summed E-state index contributed by atoms with van der Waals surface area (Å²) in [4.78, 5) is 10.4. The summed E-state index contributed by atoms with van der Waals surface area (Å²) < 4.78 is 10.4. The van der Waals surface area contributed by atoms with E-state index < -0.39 is 7.37 Å². The van der Waals surface area contributed by atoms with Gasteiger partial charge in [0.05, 0.1) is 0 Å². The molecule has 0 aliphatic carbocycles. The Bertz CT molecular complexity index is 86.0. The van der Waals surface area contributed by atoms with Gasteiger partial charge in [-0.2, -0.15) is 0 Å². The minimum Gasteiger partial charge on any atom is -0.799 e. The smallest absolute Gasteiger partial charge is 0.0142 e. The van der Waals surface area contributed by atoms with Crippen LogP contribution in [-0.4, -0.2) is 12.3 Å². The zero-order valence-corrected chi connectivity index (χ0v) is 6.57. The molecule has 0 bridgehead atoms. The molecule has 8 heavy (non-hydrogen) atoms. The van der Waals surface area contributed by atoms with Crippen LogP contribution in [0.3, 0.4) is 0 Å². The Morgan fingerprint density at radius 1 is 1.38 bits per heavy atom. The monoisotopic (exact) mass is 139 g/mol. The minimum atomic E-state index is -2.90. The second-order valence-corrected chi connectivity index (χ2v) is 4.34. The van der Waals surface area contributed by atoms with Gasteiger partial charge in [0.25, 0.3) is 0 Å². The van der Waals surface area contributed by atoms with Gasteiger partial charge in [0.15, 0.2) is 0 Å². The van der Waals surface area contributed by atoms with E-state index in [1.807, 2.05) is 0 Å². The van der Waals surface area contributed by atoms with Crippen LogP contribution in [-0.2, 0) is 4.57 Å². The van der Waals surface area contributed by atoms with E-state index in [2.05, 4.69) is 0 Å². The zero-order valence-electron chi connectivity index (χ0n) is 5.68. The summed E-state index contributed by atoms with van der Waals surface area (Å²) in [7, 11) is -2.90. The van der Waals surface area contributed by atoms with Crippen molar-refractivity contribution >= 4 is 7.37 Å². The van der Waals surface area contributed by atoms with E-state index >= 15 is 0 Å². The third kappa shape index (κ3) is 4.31. The second kappa shape index (κ2) is 4.07. The van der Waals surface area contributed by atoms with Crippen LogP contribution in [0.5, 0.6) is 0 Å². The Morgan fingerprint density at radius 2 is 1.62 bits per heavy atom. The summed E-state index contributed by atoms with van der Waals surface area (Å²) in [5.74, 6) is 0. The predicted octanol–water partition coefficient (Wildman–Crippen LogP) is 1.04. The first-order chi connectivity index (χ1) is 3.12. The third-order valence-electron chi connectivity index (χ3n) is 0.964. The van der Waals surface area contributed by atoms with Crippen molar-refractivity contribution in [1.82, 2.24) is 6.15 Å². The average Bonchev–Trinajstić information content (AvgIpc) is 1.68. The quantitative estimate of drug-likeness (QED) is 0.580. The predicted molar refractivity (Wildman–Crippen MR) is 34.7 cm³/mol. The molecule has 4 N–H and O–H groups in total. The lowest BCUT2D eigenvalue weighted by molar-refractivity contribution is -0.174. The van der Waals surface area contributed by atoms with Crippen molar-refractivity contribution in [3.8, 4) is 0 Å². The summed E-state index contributed by atoms with van der Waals surface area (Å²) in [6.45, 7) is 3.33. The molecule has 0 aromatic rings. The van der Waals surface area contributed by atoms with Crippen LogP contribution < -0.4 is 11.0 Å². The molecule has 0 rings (SSSR count). The first-order valence-electron chi connectivity index (χ1n) is 2.41. The van der Waals surface area contributed by atoms with Crippen LogP contribution in [0.2, 0.25) is 0 Å². The molecule has 0 aliphatic rings. The van der Waals surface area contributed by atoms with E-state index in [4.69, 9.17) is 0 Å². The van der Waals surface area contributed by atoms with Gasteiger partial charge in [-0.05, 0) is 12.3 Å². The Labute approximate surface area is 50.1 Å². The van der Waals surface area contributed by atoms with Crippen LogP contribution in [0.1, 0.15) is 13.8 Å². The Balaban J connectivity index is 0. The van der Waals surface area contributed by atoms with Crippen LogP contribution in [0.4, 0.5) is 0 Å². The van der Waals surface area contributed by atoms with Crippen molar-refractivity contribution in [2.45, 2.75) is 13.8 Å². The molecule has 0 fully saturated rings. The highest BCUT2D eigenvalue weighted by atomic mass is 31.2. The molecule has 0 aliphatic heterocycles. The van der Waals surface area contributed by atoms with E-state index in [0.717, 1.165) is 0 Å². The van der Waals surface area contributed by atoms with Crippen molar-refractivity contribution in [2.75, 3.05) is 12.3 Å². The van der Waals surface area contributed by atoms with Crippen LogP contribution in [0, 0.1) is 0 Å². The fourth-order valence-electron chi connectivity index (χ4n) is 0.224. The summed E-state index contributed by atoms with van der Waals surface area (Å²) in [6.07, 6.45) is 0.590. The molecule has 0 aromatic carbocycles. The number of quaternary nitrogens is 1. The fraction of sp³-hybridized carbons (Fsp3) is 1.00. The molecule has 0 spiro atoms. The molecule has 0 unspecified atom stereocenters. The maximum Gasteiger partial charge on any atom is 0.0142 e. The highest BCUT2D eigenvalue weighted by Crippen LogP contribution is 2.32. The summed E-state index contributed by atoms with van der Waals surface area (Å²) in [6, 6.07) is 0. The maximum absolute atomic E-state index is 10.4. The summed E-state index contributed by atoms with van der Waals surface area (Å²) in [5, 5.41) is 0. The first kappa shape index (κ1) is 11.0. The van der Waals surface area contributed by atoms with Crippen LogP contribution in [0.25, 0.3) is 0 Å². The number of rotatable bonds is 2. The van der Waals surface area contributed by atoms with E-state index in [-0.39, 0.29) is 6.15 Å². The summed E-state index contributed by atoms with van der Waals surface area (Å²) in [5.41, 5.74) is 0. The molecule has 0 amide bonds. The van der Waals surface area contributed by atoms with Gasteiger partial charge in [0.2, 0.25) is 0 Å². The number of hydrogen-bond donors (Lipinski definition) is 1. The molecule has 4 heteroatoms. The Hall–Kier alpha value is 0.150. The third-order valence-corrected chi connectivity index (χ3v) is 2.89. The number of hydrogen-bond acceptors (Lipinski definition) is 2. The normalized spacial score (nSPS) is 10.4. The molecule has 0 radical (unpaired) electrons. The SMILES string of the molecule is CCP(=O)([O-])CC.[NH4+]. The van der Waals surface area contributed by atoms with Gasteiger partial charge in [0.1, 0.15) is 0 Å². The molecule has 52 valence electrons. The van der Waals surface area contributed by atoms with Gasteiger partial charge in [0, 0.05) is 7.37 Å². The van der Waals surface area contributed by atoms with Gasteiger partial charge in [-0.3, -0.25) is 0 Å². The molecule has 0 saturated carbocycles. The van der Waals surface area contributed by atoms with E-state index in [1.54, 1.807) is 13.8 Å². The molecule has 3 nitrogen and oxygen atoms in total. The van der Waals surface area contributed by atoms with Crippen LogP contribution in [0.15, 0.2) is 0 Å². The maximum atomic E-state index is 10.4. The molecule has 0 aromatic heterocycles. The molecule has 0 heterocycles. The topological polar surface area (TPSA) is 76.6 Å². The van der Waals surface area contributed by atoms with Gasteiger partial charge in [-0.15, -0.1) is 0 Å². The van der Waals surface area contributed by atoms with Gasteiger partial charge >= 0.3 is 0 Å². The highest BCUT2D eigenvalue weighted by molar-refractivity contribution is 7.56. The lowest BCUT2D eigenvalue weighted by atomic mass is 11.0. The minimum absolute atomic E-state index is 0. The van der Waals surface area contributed by atoms with Gasteiger partial charge in [-0.25, -0.2) is 0 Å². The first-order valence-corrected chi connectivity index (χ1v) is 4.41. The average molecular weight is 139 g/mol. The standard InChI is InChI=1S/C4H11O2P.H3N/c1-3-7(5,6)4-2;/h3-4H2,1-2H3,(H,5,6);1H3. The van der Waals surface area contributed by atoms with E-state index in [9.17, 15) is 9.46 Å². The van der Waals surface area contributed by atoms with Gasteiger partial charge < -0.3 is 15.6 Å². The van der Waals surface area contributed by atoms with Crippen molar-refractivity contribution < 1.29 is 9.46 Å². The molecule has 0 atom stereocenters. The Morgan fingerprint density at radius 3 is 1.62 bits per heavy atom. The molecular weight excluding hydrogens is 125 g/mol. The van der Waals surface area contributed by atoms with Gasteiger partial charge in [-0.1, -0.05) is 13.8 Å². The lowest BCUT2D eigenvalue weighted by Gasteiger charge is -2.17.